The summed E-state index contributed by atoms with van der Waals surface area (Å²) in [6.45, 7) is 5.00. The number of morpholine rings is 1. The maximum Gasteiger partial charge on any atom is 0.243 e. The number of para-hydroxylation sites is 1. The van der Waals surface area contributed by atoms with Gasteiger partial charge < -0.3 is 14.4 Å². The Bertz CT molecular complexity index is 1050. The van der Waals surface area contributed by atoms with E-state index in [-0.39, 0.29) is 25.5 Å². The van der Waals surface area contributed by atoms with Crippen LogP contribution in [0.15, 0.2) is 59.5 Å². The number of nitrogens with zero attached hydrogens (tertiary/aromatic N) is 2. The number of ether oxygens (including phenoxy) is 2. The fraction of sp³-hybridized carbons (Fsp3) is 0.480. The third-order valence-corrected chi connectivity index (χ3v) is 8.52. The van der Waals surface area contributed by atoms with Gasteiger partial charge in [-0.05, 0) is 43.5 Å². The Morgan fingerprint density at radius 1 is 1.03 bits per heavy atom. The molecule has 2 heterocycles. The number of rotatable bonds is 7. The van der Waals surface area contributed by atoms with Gasteiger partial charge in [0.1, 0.15) is 5.75 Å². The minimum absolute atomic E-state index is 0.0325. The van der Waals surface area contributed by atoms with E-state index in [0.717, 1.165) is 17.7 Å². The second-order valence-electron chi connectivity index (χ2n) is 8.98. The predicted octanol–water partition coefficient (Wildman–Crippen LogP) is 3.09. The summed E-state index contributed by atoms with van der Waals surface area (Å²) in [5.41, 5.74) is 0.123. The van der Waals surface area contributed by atoms with Crippen LogP contribution >= 0.6 is 0 Å². The van der Waals surface area contributed by atoms with E-state index in [1.165, 1.54) is 0 Å². The zero-order valence-corrected chi connectivity index (χ0v) is 19.9. The first-order valence-electron chi connectivity index (χ1n) is 11.5. The molecule has 2 aromatic rings. The largest absolute Gasteiger partial charge is 0.493 e. The van der Waals surface area contributed by atoms with Crippen LogP contribution in [0.5, 0.6) is 5.75 Å². The fourth-order valence-corrected chi connectivity index (χ4v) is 6.48. The molecule has 1 amide bonds. The van der Waals surface area contributed by atoms with Crippen molar-refractivity contribution < 1.29 is 22.7 Å². The van der Waals surface area contributed by atoms with Crippen molar-refractivity contribution in [2.24, 2.45) is 5.41 Å². The van der Waals surface area contributed by atoms with Crippen molar-refractivity contribution in [2.45, 2.75) is 31.1 Å². The number of hydrogen-bond donors (Lipinski definition) is 0. The second-order valence-corrected chi connectivity index (χ2v) is 10.9. The van der Waals surface area contributed by atoms with Gasteiger partial charge in [0.15, 0.2) is 0 Å². The van der Waals surface area contributed by atoms with E-state index in [1.54, 1.807) is 16.4 Å². The highest BCUT2D eigenvalue weighted by Gasteiger charge is 2.43. The van der Waals surface area contributed by atoms with Gasteiger partial charge in [-0.3, -0.25) is 4.79 Å². The Morgan fingerprint density at radius 2 is 1.73 bits per heavy atom. The topological polar surface area (TPSA) is 76.2 Å². The molecule has 178 valence electrons. The van der Waals surface area contributed by atoms with Gasteiger partial charge in [0.25, 0.3) is 0 Å². The van der Waals surface area contributed by atoms with Gasteiger partial charge >= 0.3 is 0 Å². The van der Waals surface area contributed by atoms with Gasteiger partial charge in [-0.2, -0.15) is 4.31 Å². The maximum atomic E-state index is 13.5. The van der Waals surface area contributed by atoms with E-state index >= 15 is 0 Å². The average molecular weight is 473 g/mol. The molecule has 0 radical (unpaired) electrons. The number of sulfonamides is 1. The molecule has 0 saturated carbocycles. The van der Waals surface area contributed by atoms with Crippen molar-refractivity contribution in [1.29, 1.82) is 0 Å². The molecule has 4 rings (SSSR count). The summed E-state index contributed by atoms with van der Waals surface area (Å²) >= 11 is 0. The first kappa shape index (κ1) is 23.7. The summed E-state index contributed by atoms with van der Waals surface area (Å²) in [4.78, 5) is 15.4. The summed E-state index contributed by atoms with van der Waals surface area (Å²) < 4.78 is 40.1. The van der Waals surface area contributed by atoms with Crippen LogP contribution in [0.1, 0.15) is 24.8 Å². The molecular weight excluding hydrogens is 440 g/mol. The molecule has 0 aromatic heterocycles. The molecule has 33 heavy (non-hydrogen) atoms. The standard InChI is InChI=1S/C25H32N2O5S/c1-21-8-5-6-11-23(21)33(29,30)27-13-7-12-25(19-27,20-32-22-9-3-2-4-10-22)18-24(28)26-14-16-31-17-15-26/h2-6,8-11H,7,12-20H2,1H3. The summed E-state index contributed by atoms with van der Waals surface area (Å²) in [7, 11) is -3.67. The smallest absolute Gasteiger partial charge is 0.243 e. The number of amides is 1. The lowest BCUT2D eigenvalue weighted by molar-refractivity contribution is -0.139. The van der Waals surface area contributed by atoms with E-state index in [0.29, 0.717) is 44.2 Å². The number of aryl methyl sites for hydroxylation is 1. The number of hydrogen-bond acceptors (Lipinski definition) is 5. The molecule has 2 aliphatic rings. The lowest BCUT2D eigenvalue weighted by atomic mass is 9.78. The Morgan fingerprint density at radius 3 is 2.45 bits per heavy atom. The van der Waals surface area contributed by atoms with Crippen molar-refractivity contribution in [3.05, 3.63) is 60.2 Å². The van der Waals surface area contributed by atoms with Crippen molar-refractivity contribution in [1.82, 2.24) is 9.21 Å². The van der Waals surface area contributed by atoms with E-state index < -0.39 is 15.4 Å². The van der Waals surface area contributed by atoms with Crippen LogP contribution in [-0.4, -0.2) is 69.5 Å². The summed E-state index contributed by atoms with van der Waals surface area (Å²) in [5, 5.41) is 0. The van der Waals surface area contributed by atoms with E-state index in [4.69, 9.17) is 9.47 Å². The van der Waals surface area contributed by atoms with Gasteiger partial charge in [0.2, 0.25) is 15.9 Å². The first-order valence-corrected chi connectivity index (χ1v) is 12.9. The number of benzene rings is 2. The highest BCUT2D eigenvalue weighted by molar-refractivity contribution is 7.89. The molecule has 1 unspecified atom stereocenters. The van der Waals surface area contributed by atoms with Gasteiger partial charge in [-0.15, -0.1) is 0 Å². The molecule has 8 heteroatoms. The van der Waals surface area contributed by atoms with Crippen LogP contribution in [0.2, 0.25) is 0 Å². The molecule has 2 aliphatic heterocycles. The lowest BCUT2D eigenvalue weighted by Crippen LogP contribution is -2.52. The summed E-state index contributed by atoms with van der Waals surface area (Å²) in [6, 6.07) is 16.5. The molecule has 7 nitrogen and oxygen atoms in total. The molecule has 2 aromatic carbocycles. The molecule has 2 fully saturated rings. The van der Waals surface area contributed by atoms with Gasteiger partial charge in [0, 0.05) is 38.0 Å². The summed E-state index contributed by atoms with van der Waals surface area (Å²) in [6.07, 6.45) is 1.66. The van der Waals surface area contributed by atoms with Crippen LogP contribution in [0, 0.1) is 12.3 Å². The minimum atomic E-state index is -3.67. The predicted molar refractivity (Wildman–Crippen MR) is 126 cm³/mol. The van der Waals surface area contributed by atoms with Crippen LogP contribution < -0.4 is 4.74 Å². The van der Waals surface area contributed by atoms with E-state index in [9.17, 15) is 13.2 Å². The second kappa shape index (κ2) is 10.2. The van der Waals surface area contributed by atoms with Crippen molar-refractivity contribution in [3.8, 4) is 5.75 Å². The van der Waals surface area contributed by atoms with Crippen molar-refractivity contribution in [3.63, 3.8) is 0 Å². The van der Waals surface area contributed by atoms with Crippen molar-refractivity contribution in [2.75, 3.05) is 46.0 Å². The average Bonchev–Trinajstić information content (AvgIpc) is 2.84. The molecule has 2 saturated heterocycles. The highest BCUT2D eigenvalue weighted by atomic mass is 32.2. The Labute approximate surface area is 196 Å². The first-order chi connectivity index (χ1) is 15.9. The third-order valence-electron chi connectivity index (χ3n) is 6.52. The number of carbonyl (C=O) groups excluding carboxylic acids is 1. The fourth-order valence-electron chi connectivity index (χ4n) is 4.66. The molecule has 0 N–H and O–H groups in total. The molecule has 0 aliphatic carbocycles. The van der Waals surface area contributed by atoms with Gasteiger partial charge in [0.05, 0.1) is 24.7 Å². The normalized spacial score (nSPS) is 22.2. The quantitative estimate of drug-likeness (QED) is 0.619. The molecule has 0 bridgehead atoms. The molecular formula is C25H32N2O5S. The molecule has 0 spiro atoms. The zero-order valence-electron chi connectivity index (χ0n) is 19.1. The maximum absolute atomic E-state index is 13.5. The zero-order chi connectivity index (χ0) is 23.3. The van der Waals surface area contributed by atoms with Crippen LogP contribution in [0.4, 0.5) is 0 Å². The SMILES string of the molecule is Cc1ccccc1S(=O)(=O)N1CCCC(COc2ccccc2)(CC(=O)N2CCOCC2)C1. The Balaban J connectivity index is 1.58. The number of piperidine rings is 1. The van der Waals surface area contributed by atoms with Crippen molar-refractivity contribution >= 4 is 15.9 Å². The van der Waals surface area contributed by atoms with E-state index in [1.807, 2.05) is 54.3 Å². The van der Waals surface area contributed by atoms with E-state index in [2.05, 4.69) is 0 Å². The van der Waals surface area contributed by atoms with Crippen LogP contribution in [-0.2, 0) is 19.6 Å². The molecule has 1 atom stereocenters. The Kier molecular flexibility index (Phi) is 7.36. The van der Waals surface area contributed by atoms with Crippen LogP contribution in [0.3, 0.4) is 0 Å². The Hall–Kier alpha value is -2.42. The minimum Gasteiger partial charge on any atom is -0.493 e. The number of carbonyl (C=O) groups is 1. The van der Waals surface area contributed by atoms with Gasteiger partial charge in [-0.1, -0.05) is 36.4 Å². The van der Waals surface area contributed by atoms with Gasteiger partial charge in [-0.25, -0.2) is 8.42 Å². The third kappa shape index (κ3) is 5.57. The monoisotopic (exact) mass is 472 g/mol. The highest BCUT2D eigenvalue weighted by Crippen LogP contribution is 2.37. The summed E-state index contributed by atoms with van der Waals surface area (Å²) in [5.74, 6) is 0.750. The lowest BCUT2D eigenvalue weighted by Gasteiger charge is -2.42. The van der Waals surface area contributed by atoms with Crippen LogP contribution in [0.25, 0.3) is 0 Å².